The van der Waals surface area contributed by atoms with Crippen molar-refractivity contribution in [2.75, 3.05) is 25.0 Å². The van der Waals surface area contributed by atoms with E-state index < -0.39 is 15.5 Å². The van der Waals surface area contributed by atoms with Gasteiger partial charge in [-0.05, 0) is 56.5 Å². The third-order valence-corrected chi connectivity index (χ3v) is 9.11. The van der Waals surface area contributed by atoms with Crippen molar-refractivity contribution in [1.82, 2.24) is 5.32 Å². The molecule has 0 saturated carbocycles. The smallest absolute Gasteiger partial charge is 0.220 e. The summed E-state index contributed by atoms with van der Waals surface area (Å²) in [5.41, 5.74) is 5.70. The number of unbranched alkanes of at least 4 members (excludes halogenated alkanes) is 2. The lowest BCUT2D eigenvalue weighted by Crippen LogP contribution is -2.28. The van der Waals surface area contributed by atoms with E-state index in [9.17, 15) is 17.8 Å². The molecule has 2 aliphatic rings. The number of fused-ring (bicyclic) bond motifs is 2. The number of allylic oxidation sites excluding steroid dienone is 4. The normalized spacial score (nSPS) is 18.1. The molecule has 0 spiro atoms. The lowest BCUT2D eigenvalue weighted by Gasteiger charge is -2.27. The quantitative estimate of drug-likeness (QED) is 0.184. The number of hydrogen-bond donors (Lipinski definition) is 1. The summed E-state index contributed by atoms with van der Waals surface area (Å²) in [7, 11) is -2.50. The van der Waals surface area contributed by atoms with E-state index in [0.29, 0.717) is 13.0 Å². The van der Waals surface area contributed by atoms with E-state index in [1.807, 2.05) is 0 Å². The number of amides is 1. The molecule has 8 heteroatoms. The molecule has 0 fully saturated rings. The standard InChI is InChI=1S/C33H39N3O4S/c1-7-21-34-31(37)18-9-8-12-22-36-28-20-19-24(41(38,39)40)23-26(28)33(4,5)30(36)17-13-16-29-32(2,3)25-14-10-11-15-27(25)35(29)6/h1,10-11,13-17,19-20,23H,8-9,12,18,21-22H2,2-6H3,(H-,34,37,38,39,40). The number of benzene rings is 2. The van der Waals surface area contributed by atoms with Gasteiger partial charge in [-0.15, -0.1) is 6.42 Å². The van der Waals surface area contributed by atoms with Gasteiger partial charge < -0.3 is 14.8 Å². The first-order chi connectivity index (χ1) is 19.3. The molecule has 0 radical (unpaired) electrons. The summed E-state index contributed by atoms with van der Waals surface area (Å²) >= 11 is 0. The van der Waals surface area contributed by atoms with E-state index in [1.54, 1.807) is 6.07 Å². The van der Waals surface area contributed by atoms with Crippen LogP contribution >= 0.6 is 0 Å². The minimum absolute atomic E-state index is 0.0490. The van der Waals surface area contributed by atoms with Crippen LogP contribution in [0.2, 0.25) is 0 Å². The van der Waals surface area contributed by atoms with Crippen LogP contribution in [0.15, 0.2) is 71.3 Å². The summed E-state index contributed by atoms with van der Waals surface area (Å²) in [6, 6.07) is 13.1. The zero-order valence-corrected chi connectivity index (χ0v) is 25.3. The van der Waals surface area contributed by atoms with Gasteiger partial charge in [-0.2, -0.15) is 4.58 Å². The maximum atomic E-state index is 11.9. The van der Waals surface area contributed by atoms with Crippen molar-refractivity contribution >= 4 is 33.1 Å². The van der Waals surface area contributed by atoms with Crippen LogP contribution in [-0.4, -0.2) is 49.3 Å². The van der Waals surface area contributed by atoms with Gasteiger partial charge in [0.1, 0.15) is 17.2 Å². The monoisotopic (exact) mass is 573 g/mol. The molecule has 1 amide bonds. The Labute approximate surface area is 244 Å². The van der Waals surface area contributed by atoms with Gasteiger partial charge in [0.25, 0.3) is 0 Å². The minimum Gasteiger partial charge on any atom is -0.744 e. The number of anilines is 1. The summed E-state index contributed by atoms with van der Waals surface area (Å²) in [5, 5.41) is 2.69. The van der Waals surface area contributed by atoms with Gasteiger partial charge in [0.2, 0.25) is 11.6 Å². The summed E-state index contributed by atoms with van der Waals surface area (Å²) < 4.78 is 37.7. The van der Waals surface area contributed by atoms with Gasteiger partial charge in [-0.1, -0.05) is 50.5 Å². The lowest BCUT2D eigenvalue weighted by molar-refractivity contribution is -0.401. The van der Waals surface area contributed by atoms with Crippen molar-refractivity contribution in [3.8, 4) is 12.3 Å². The van der Waals surface area contributed by atoms with Crippen LogP contribution in [0.4, 0.5) is 11.4 Å². The molecule has 41 heavy (non-hydrogen) atoms. The number of terminal acetylenes is 1. The second kappa shape index (κ2) is 11.7. The van der Waals surface area contributed by atoms with Crippen LogP contribution < -0.4 is 10.2 Å². The molecule has 0 bridgehead atoms. The molecule has 2 aliphatic heterocycles. The number of carbonyl (C=O) groups excluding carboxylic acids is 1. The van der Waals surface area contributed by atoms with Crippen LogP contribution in [0.3, 0.4) is 0 Å². The maximum absolute atomic E-state index is 11.9. The molecule has 216 valence electrons. The van der Waals surface area contributed by atoms with Crippen LogP contribution in [0, 0.1) is 12.3 Å². The van der Waals surface area contributed by atoms with E-state index >= 15 is 0 Å². The van der Waals surface area contributed by atoms with E-state index in [1.165, 1.54) is 29.1 Å². The molecule has 0 aromatic heterocycles. The maximum Gasteiger partial charge on any atom is 0.220 e. The Hall–Kier alpha value is -3.67. The predicted molar refractivity (Wildman–Crippen MR) is 163 cm³/mol. The van der Waals surface area contributed by atoms with Gasteiger partial charge in [0, 0.05) is 47.5 Å². The molecular weight excluding hydrogens is 534 g/mol. The Morgan fingerprint density at radius 3 is 2.49 bits per heavy atom. The summed E-state index contributed by atoms with van der Waals surface area (Å²) in [5.74, 6) is 2.36. The first-order valence-corrected chi connectivity index (χ1v) is 15.4. The highest BCUT2D eigenvalue weighted by Crippen LogP contribution is 2.48. The average molecular weight is 574 g/mol. The van der Waals surface area contributed by atoms with E-state index in [2.05, 4.69) is 97.9 Å². The van der Waals surface area contributed by atoms with Crippen LogP contribution in [0.25, 0.3) is 0 Å². The number of nitrogens with one attached hydrogen (secondary N) is 1. The zero-order valence-electron chi connectivity index (χ0n) is 24.5. The van der Waals surface area contributed by atoms with Crippen molar-refractivity contribution in [2.45, 2.75) is 69.1 Å². The van der Waals surface area contributed by atoms with Gasteiger partial charge in [-0.3, -0.25) is 4.79 Å². The van der Waals surface area contributed by atoms with Gasteiger partial charge in [0.15, 0.2) is 5.71 Å². The SMILES string of the molecule is C#CCNC(=O)CCCCCN1C(=CC=CC2=[N+](C)c3ccccc3C2(C)C)C(C)(C)c2cc(S(=O)(=O)[O-])ccc21. The van der Waals surface area contributed by atoms with Crippen molar-refractivity contribution in [3.63, 3.8) is 0 Å². The number of carbonyl (C=O) groups is 1. The highest BCUT2D eigenvalue weighted by Gasteiger charge is 2.43. The van der Waals surface area contributed by atoms with Crippen molar-refractivity contribution in [2.24, 2.45) is 0 Å². The molecule has 1 N–H and O–H groups in total. The fraction of sp³-hybridized carbons (Fsp3) is 0.394. The van der Waals surface area contributed by atoms with Crippen molar-refractivity contribution < 1.29 is 22.3 Å². The Kier molecular flexibility index (Phi) is 8.62. The molecule has 0 unspecified atom stereocenters. The number of hydrogen-bond acceptors (Lipinski definition) is 5. The zero-order chi connectivity index (χ0) is 30.0. The van der Waals surface area contributed by atoms with Crippen LogP contribution in [0.1, 0.15) is 64.5 Å². The Bertz CT molecular complexity index is 1590. The Balaban J connectivity index is 1.62. The molecule has 2 aromatic rings. The molecule has 7 nitrogen and oxygen atoms in total. The number of rotatable bonds is 10. The van der Waals surface area contributed by atoms with Gasteiger partial charge >= 0.3 is 0 Å². The third kappa shape index (κ3) is 6.02. The topological polar surface area (TPSA) is 92.6 Å². The fourth-order valence-corrected chi connectivity index (χ4v) is 6.55. The van der Waals surface area contributed by atoms with Crippen molar-refractivity contribution in [1.29, 1.82) is 0 Å². The fourth-order valence-electron chi connectivity index (χ4n) is 6.05. The molecular formula is C33H39N3O4S. The third-order valence-electron chi connectivity index (χ3n) is 8.27. The second-order valence-corrected chi connectivity index (χ2v) is 13.1. The molecule has 2 heterocycles. The summed E-state index contributed by atoms with van der Waals surface area (Å²) in [4.78, 5) is 13.9. The Morgan fingerprint density at radius 1 is 1.07 bits per heavy atom. The number of para-hydroxylation sites is 1. The molecule has 2 aromatic carbocycles. The van der Waals surface area contributed by atoms with Gasteiger partial charge in [0.05, 0.1) is 16.9 Å². The Morgan fingerprint density at radius 2 is 1.80 bits per heavy atom. The molecule has 0 saturated heterocycles. The average Bonchev–Trinajstić information content (AvgIpc) is 3.25. The molecule has 4 rings (SSSR count). The van der Waals surface area contributed by atoms with E-state index in [-0.39, 0.29) is 22.8 Å². The van der Waals surface area contributed by atoms with E-state index in [4.69, 9.17) is 6.42 Å². The first kappa shape index (κ1) is 30.3. The number of nitrogens with zero attached hydrogens (tertiary/aromatic N) is 2. The lowest BCUT2D eigenvalue weighted by atomic mass is 9.81. The van der Waals surface area contributed by atoms with E-state index in [0.717, 1.165) is 36.2 Å². The first-order valence-electron chi connectivity index (χ1n) is 14.0. The van der Waals surface area contributed by atoms with Crippen LogP contribution in [-0.2, 0) is 25.7 Å². The van der Waals surface area contributed by atoms with Crippen LogP contribution in [0.5, 0.6) is 0 Å². The summed E-state index contributed by atoms with van der Waals surface area (Å²) in [6.45, 7) is 9.48. The highest BCUT2D eigenvalue weighted by molar-refractivity contribution is 7.85. The van der Waals surface area contributed by atoms with Crippen molar-refractivity contribution in [3.05, 3.63) is 77.5 Å². The largest absolute Gasteiger partial charge is 0.744 e. The second-order valence-electron chi connectivity index (χ2n) is 11.7. The minimum atomic E-state index is -4.58. The molecule has 0 aliphatic carbocycles. The molecule has 0 atom stereocenters. The van der Waals surface area contributed by atoms with Gasteiger partial charge in [-0.25, -0.2) is 8.42 Å². The highest BCUT2D eigenvalue weighted by atomic mass is 32.2. The summed E-state index contributed by atoms with van der Waals surface area (Å²) in [6.07, 6.45) is 14.4. The predicted octanol–water partition coefficient (Wildman–Crippen LogP) is 5.14.